The van der Waals surface area contributed by atoms with Crippen molar-refractivity contribution in [3.63, 3.8) is 0 Å². The van der Waals surface area contributed by atoms with Gasteiger partial charge in [0.05, 0.1) is 6.54 Å². The number of rotatable bonds is 4. The van der Waals surface area contributed by atoms with Gasteiger partial charge in [0.1, 0.15) is 5.82 Å². The summed E-state index contributed by atoms with van der Waals surface area (Å²) in [5.41, 5.74) is 5.72. The van der Waals surface area contributed by atoms with Crippen molar-refractivity contribution in [2.45, 2.75) is 25.4 Å². The van der Waals surface area contributed by atoms with Crippen LogP contribution in [0.25, 0.3) is 0 Å². The highest BCUT2D eigenvalue weighted by atomic mass is 15.2. The number of aryl methyl sites for hydroxylation is 1. The van der Waals surface area contributed by atoms with Crippen LogP contribution < -0.4 is 5.73 Å². The lowest BCUT2D eigenvalue weighted by Gasteiger charge is -2.42. The van der Waals surface area contributed by atoms with Crippen LogP contribution in [0.15, 0.2) is 12.4 Å². The number of hydrogen-bond acceptors (Lipinski definition) is 3. The SMILES string of the molecule is CN(Cc1nccn1C)C1CCC1CN. The Hall–Kier alpha value is -0.870. The van der Waals surface area contributed by atoms with E-state index in [0.717, 1.165) is 18.9 Å². The molecule has 15 heavy (non-hydrogen) atoms. The molecule has 1 saturated carbocycles. The van der Waals surface area contributed by atoms with E-state index in [1.54, 1.807) is 0 Å². The molecule has 0 amide bonds. The van der Waals surface area contributed by atoms with Crippen LogP contribution >= 0.6 is 0 Å². The molecule has 4 heteroatoms. The zero-order chi connectivity index (χ0) is 10.8. The molecule has 0 aromatic carbocycles. The van der Waals surface area contributed by atoms with Gasteiger partial charge in [-0.3, -0.25) is 4.90 Å². The summed E-state index contributed by atoms with van der Waals surface area (Å²) < 4.78 is 2.08. The Morgan fingerprint density at radius 3 is 2.87 bits per heavy atom. The van der Waals surface area contributed by atoms with Gasteiger partial charge in [-0.1, -0.05) is 0 Å². The fraction of sp³-hybridized carbons (Fsp3) is 0.727. The molecule has 0 spiro atoms. The third-order valence-electron chi connectivity index (χ3n) is 3.56. The average Bonchev–Trinajstić information content (AvgIpc) is 2.50. The predicted octanol–water partition coefficient (Wildman–Crippen LogP) is 0.589. The zero-order valence-electron chi connectivity index (χ0n) is 9.56. The fourth-order valence-corrected chi connectivity index (χ4v) is 2.30. The molecule has 0 aliphatic heterocycles. The van der Waals surface area contributed by atoms with E-state index in [1.807, 2.05) is 19.4 Å². The minimum atomic E-state index is 0.659. The van der Waals surface area contributed by atoms with Gasteiger partial charge in [0.25, 0.3) is 0 Å². The molecular formula is C11H20N4. The van der Waals surface area contributed by atoms with Crippen LogP contribution in [0.2, 0.25) is 0 Å². The molecule has 0 bridgehead atoms. The first kappa shape index (κ1) is 10.6. The molecule has 4 nitrogen and oxygen atoms in total. The predicted molar refractivity (Wildman–Crippen MR) is 60.2 cm³/mol. The van der Waals surface area contributed by atoms with E-state index in [0.29, 0.717) is 12.0 Å². The maximum atomic E-state index is 5.72. The van der Waals surface area contributed by atoms with E-state index in [9.17, 15) is 0 Å². The van der Waals surface area contributed by atoms with Gasteiger partial charge < -0.3 is 10.3 Å². The van der Waals surface area contributed by atoms with Crippen LogP contribution in [0.3, 0.4) is 0 Å². The Morgan fingerprint density at radius 1 is 1.60 bits per heavy atom. The Morgan fingerprint density at radius 2 is 2.40 bits per heavy atom. The minimum Gasteiger partial charge on any atom is -0.337 e. The van der Waals surface area contributed by atoms with Crippen LogP contribution in [0.4, 0.5) is 0 Å². The molecule has 2 rings (SSSR count). The summed E-state index contributed by atoms with van der Waals surface area (Å²) in [4.78, 5) is 6.72. The molecule has 1 aromatic rings. The maximum absolute atomic E-state index is 5.72. The summed E-state index contributed by atoms with van der Waals surface area (Å²) in [6.45, 7) is 1.74. The third kappa shape index (κ3) is 2.06. The van der Waals surface area contributed by atoms with E-state index < -0.39 is 0 Å². The van der Waals surface area contributed by atoms with Crippen molar-refractivity contribution >= 4 is 0 Å². The Labute approximate surface area is 91.1 Å². The van der Waals surface area contributed by atoms with Gasteiger partial charge in [-0.25, -0.2) is 4.98 Å². The second kappa shape index (κ2) is 4.33. The molecule has 0 radical (unpaired) electrons. The monoisotopic (exact) mass is 208 g/mol. The molecule has 84 valence electrons. The van der Waals surface area contributed by atoms with E-state index in [2.05, 4.69) is 21.5 Å². The summed E-state index contributed by atoms with van der Waals surface area (Å²) in [6.07, 6.45) is 6.41. The van der Waals surface area contributed by atoms with Gasteiger partial charge in [0, 0.05) is 25.5 Å². The number of nitrogens with zero attached hydrogens (tertiary/aromatic N) is 3. The number of aromatic nitrogens is 2. The van der Waals surface area contributed by atoms with E-state index in [1.165, 1.54) is 12.8 Å². The summed E-state index contributed by atoms with van der Waals surface area (Å²) >= 11 is 0. The quantitative estimate of drug-likeness (QED) is 0.787. The summed E-state index contributed by atoms with van der Waals surface area (Å²) in [6, 6.07) is 0.659. The molecule has 1 aliphatic carbocycles. The largest absolute Gasteiger partial charge is 0.337 e. The van der Waals surface area contributed by atoms with E-state index >= 15 is 0 Å². The molecule has 1 fully saturated rings. The van der Waals surface area contributed by atoms with E-state index in [4.69, 9.17) is 5.73 Å². The number of nitrogens with two attached hydrogens (primary N) is 1. The lowest BCUT2D eigenvalue weighted by molar-refractivity contribution is 0.0810. The smallest absolute Gasteiger partial charge is 0.122 e. The average molecular weight is 208 g/mol. The van der Waals surface area contributed by atoms with Crippen molar-refractivity contribution in [3.8, 4) is 0 Å². The highest BCUT2D eigenvalue weighted by Gasteiger charge is 2.32. The van der Waals surface area contributed by atoms with Crippen molar-refractivity contribution < 1.29 is 0 Å². The van der Waals surface area contributed by atoms with Crippen molar-refractivity contribution in [3.05, 3.63) is 18.2 Å². The summed E-state index contributed by atoms with van der Waals surface area (Å²) in [7, 11) is 4.21. The summed E-state index contributed by atoms with van der Waals surface area (Å²) in [5.74, 6) is 1.82. The molecule has 2 N–H and O–H groups in total. The molecule has 1 aliphatic rings. The van der Waals surface area contributed by atoms with Crippen LogP contribution in [0.1, 0.15) is 18.7 Å². The van der Waals surface area contributed by atoms with Crippen LogP contribution in [0.5, 0.6) is 0 Å². The number of imidazole rings is 1. The zero-order valence-corrected chi connectivity index (χ0v) is 9.56. The summed E-state index contributed by atoms with van der Waals surface area (Å²) in [5, 5.41) is 0. The topological polar surface area (TPSA) is 47.1 Å². The molecule has 1 heterocycles. The fourth-order valence-electron chi connectivity index (χ4n) is 2.30. The van der Waals surface area contributed by atoms with E-state index in [-0.39, 0.29) is 0 Å². The normalized spacial score (nSPS) is 25.6. The minimum absolute atomic E-state index is 0.659. The van der Waals surface area contributed by atoms with Gasteiger partial charge in [-0.05, 0) is 32.4 Å². The highest BCUT2D eigenvalue weighted by molar-refractivity contribution is 4.94. The molecule has 1 aromatic heterocycles. The van der Waals surface area contributed by atoms with Crippen molar-refractivity contribution in [1.29, 1.82) is 0 Å². The Balaban J connectivity index is 1.92. The standard InChI is InChI=1S/C11H20N4/c1-14-6-5-13-11(14)8-15(2)10-4-3-9(10)7-12/h5-6,9-10H,3-4,7-8,12H2,1-2H3. The van der Waals surface area contributed by atoms with Crippen LogP contribution in [0, 0.1) is 5.92 Å². The third-order valence-corrected chi connectivity index (χ3v) is 3.56. The second-order valence-electron chi connectivity index (χ2n) is 4.51. The number of hydrogen-bond donors (Lipinski definition) is 1. The lowest BCUT2D eigenvalue weighted by atomic mass is 9.79. The molecule has 0 saturated heterocycles. The first-order valence-corrected chi connectivity index (χ1v) is 5.59. The molecule has 2 atom stereocenters. The van der Waals surface area contributed by atoms with Crippen molar-refractivity contribution in [2.75, 3.05) is 13.6 Å². The maximum Gasteiger partial charge on any atom is 0.122 e. The second-order valence-corrected chi connectivity index (χ2v) is 4.51. The van der Waals surface area contributed by atoms with Gasteiger partial charge >= 0.3 is 0 Å². The van der Waals surface area contributed by atoms with Crippen LogP contribution in [-0.4, -0.2) is 34.1 Å². The Kier molecular flexibility index (Phi) is 3.07. The van der Waals surface area contributed by atoms with Gasteiger partial charge in [-0.2, -0.15) is 0 Å². The van der Waals surface area contributed by atoms with Gasteiger partial charge in [-0.15, -0.1) is 0 Å². The van der Waals surface area contributed by atoms with Crippen LogP contribution in [-0.2, 0) is 13.6 Å². The van der Waals surface area contributed by atoms with Crippen molar-refractivity contribution in [1.82, 2.24) is 14.5 Å². The first-order valence-electron chi connectivity index (χ1n) is 5.59. The molecular weight excluding hydrogens is 188 g/mol. The lowest BCUT2D eigenvalue weighted by Crippen LogP contribution is -2.47. The highest BCUT2D eigenvalue weighted by Crippen LogP contribution is 2.30. The molecule has 2 unspecified atom stereocenters. The van der Waals surface area contributed by atoms with Gasteiger partial charge in [0.15, 0.2) is 0 Å². The van der Waals surface area contributed by atoms with Crippen molar-refractivity contribution in [2.24, 2.45) is 18.7 Å². The first-order chi connectivity index (χ1) is 7.22. The Bertz CT molecular complexity index is 318. The van der Waals surface area contributed by atoms with Gasteiger partial charge in [0.2, 0.25) is 0 Å².